The summed E-state index contributed by atoms with van der Waals surface area (Å²) in [4.78, 5) is 0. The molecule has 1 fully saturated rings. The molecule has 94 valence electrons. The van der Waals surface area contributed by atoms with E-state index in [0.717, 1.165) is 31.8 Å². The highest BCUT2D eigenvalue weighted by Gasteiger charge is 2.23. The fourth-order valence-electron chi connectivity index (χ4n) is 2.32. The molecule has 3 N–H and O–H groups in total. The highest BCUT2D eigenvalue weighted by Crippen LogP contribution is 2.20. The third kappa shape index (κ3) is 3.20. The van der Waals surface area contributed by atoms with Crippen LogP contribution in [0.25, 0.3) is 0 Å². The van der Waals surface area contributed by atoms with Crippen LogP contribution in [-0.2, 0) is 11.3 Å². The van der Waals surface area contributed by atoms with Gasteiger partial charge in [0, 0.05) is 25.4 Å². The average molecular weight is 234 g/mol. The molecule has 0 saturated carbocycles. The van der Waals surface area contributed by atoms with Crippen LogP contribution in [0.4, 0.5) is 5.69 Å². The van der Waals surface area contributed by atoms with Gasteiger partial charge in [-0.3, -0.25) is 0 Å². The number of nitrogens with one attached hydrogen (secondary N) is 1. The Kier molecular flexibility index (Phi) is 4.02. The van der Waals surface area contributed by atoms with E-state index in [-0.39, 0.29) is 0 Å². The minimum Gasteiger partial charge on any atom is -0.398 e. The zero-order chi connectivity index (χ0) is 12.3. The molecule has 0 amide bonds. The lowest BCUT2D eigenvalue weighted by molar-refractivity contribution is 0.105. The molecule has 3 nitrogen and oxygen atoms in total. The van der Waals surface area contributed by atoms with Crippen LogP contribution in [0.3, 0.4) is 0 Å². The number of hydrogen-bond acceptors (Lipinski definition) is 3. The predicted molar refractivity (Wildman–Crippen MR) is 70.8 cm³/mol. The normalized spacial score (nSPS) is 24.1. The second-order valence-electron chi connectivity index (χ2n) is 4.96. The maximum Gasteiger partial charge on any atom is 0.0588 e. The van der Waals surface area contributed by atoms with Gasteiger partial charge in [0.05, 0.1) is 6.10 Å². The van der Waals surface area contributed by atoms with E-state index in [9.17, 15) is 0 Å². The first-order chi connectivity index (χ1) is 8.16. The smallest absolute Gasteiger partial charge is 0.0588 e. The van der Waals surface area contributed by atoms with Crippen LogP contribution in [0.2, 0.25) is 0 Å². The average Bonchev–Trinajstić information content (AvgIpc) is 2.70. The molecule has 1 aliphatic rings. The Labute approximate surface area is 103 Å². The first kappa shape index (κ1) is 12.4. The number of nitrogens with two attached hydrogens (primary N) is 1. The molecule has 0 radical (unpaired) electrons. The van der Waals surface area contributed by atoms with Crippen LogP contribution >= 0.6 is 0 Å². The second-order valence-corrected chi connectivity index (χ2v) is 4.96. The van der Waals surface area contributed by atoms with E-state index < -0.39 is 0 Å². The number of benzene rings is 1. The zero-order valence-electron chi connectivity index (χ0n) is 10.7. The Morgan fingerprint density at radius 3 is 3.00 bits per heavy atom. The molecule has 0 aliphatic carbocycles. The van der Waals surface area contributed by atoms with Gasteiger partial charge < -0.3 is 15.8 Å². The van der Waals surface area contributed by atoms with Crippen LogP contribution in [0, 0.1) is 12.8 Å². The molecule has 1 heterocycles. The predicted octanol–water partition coefficient (Wildman–Crippen LogP) is 2.09. The summed E-state index contributed by atoms with van der Waals surface area (Å²) in [5.74, 6) is 0.640. The Hall–Kier alpha value is -1.06. The van der Waals surface area contributed by atoms with E-state index in [1.165, 1.54) is 11.1 Å². The second kappa shape index (κ2) is 5.52. The van der Waals surface area contributed by atoms with Gasteiger partial charge in [-0.1, -0.05) is 17.7 Å². The summed E-state index contributed by atoms with van der Waals surface area (Å²) in [5.41, 5.74) is 9.27. The lowest BCUT2D eigenvalue weighted by Gasteiger charge is -2.15. The van der Waals surface area contributed by atoms with Gasteiger partial charge in [0.25, 0.3) is 0 Å². The Balaban J connectivity index is 1.83. The summed E-state index contributed by atoms with van der Waals surface area (Å²) in [6.07, 6.45) is 1.55. The molecule has 3 heteroatoms. The Morgan fingerprint density at radius 2 is 2.29 bits per heavy atom. The van der Waals surface area contributed by atoms with Crippen molar-refractivity contribution in [1.82, 2.24) is 5.32 Å². The molecular weight excluding hydrogens is 212 g/mol. The van der Waals surface area contributed by atoms with E-state index in [1.807, 2.05) is 12.1 Å². The molecule has 1 aliphatic heterocycles. The van der Waals surface area contributed by atoms with Gasteiger partial charge in [0.15, 0.2) is 0 Å². The summed E-state index contributed by atoms with van der Waals surface area (Å²) in [5, 5.41) is 3.48. The van der Waals surface area contributed by atoms with Gasteiger partial charge >= 0.3 is 0 Å². The molecule has 2 atom stereocenters. The van der Waals surface area contributed by atoms with Crippen LogP contribution in [-0.4, -0.2) is 19.3 Å². The van der Waals surface area contributed by atoms with Crippen molar-refractivity contribution in [3.8, 4) is 0 Å². The molecule has 2 unspecified atom stereocenters. The number of aryl methyl sites for hydroxylation is 1. The molecule has 2 rings (SSSR count). The standard InChI is InChI=1S/C14H22N2O/c1-10-3-4-14(15)13(7-10)9-16-8-12-5-6-17-11(12)2/h3-4,7,11-12,16H,5-6,8-9,15H2,1-2H3. The summed E-state index contributed by atoms with van der Waals surface area (Å²) < 4.78 is 5.55. The Morgan fingerprint density at radius 1 is 1.47 bits per heavy atom. The maximum atomic E-state index is 5.95. The summed E-state index contributed by atoms with van der Waals surface area (Å²) in [6.45, 7) is 7.00. The SMILES string of the molecule is Cc1ccc(N)c(CNCC2CCOC2C)c1. The van der Waals surface area contributed by atoms with Crippen LogP contribution in [0.15, 0.2) is 18.2 Å². The number of nitrogen functional groups attached to an aromatic ring is 1. The highest BCUT2D eigenvalue weighted by molar-refractivity contribution is 5.48. The van der Waals surface area contributed by atoms with E-state index in [1.54, 1.807) is 0 Å². The number of ether oxygens (including phenoxy) is 1. The first-order valence-electron chi connectivity index (χ1n) is 6.34. The molecule has 0 aromatic heterocycles. The van der Waals surface area contributed by atoms with Gasteiger partial charge in [0.1, 0.15) is 0 Å². The molecule has 1 aromatic rings. The molecule has 0 bridgehead atoms. The van der Waals surface area contributed by atoms with Crippen molar-refractivity contribution in [2.45, 2.75) is 32.9 Å². The van der Waals surface area contributed by atoms with Gasteiger partial charge in [0.2, 0.25) is 0 Å². The highest BCUT2D eigenvalue weighted by atomic mass is 16.5. The van der Waals surface area contributed by atoms with E-state index in [0.29, 0.717) is 12.0 Å². The van der Waals surface area contributed by atoms with E-state index >= 15 is 0 Å². The number of rotatable bonds is 4. The fourth-order valence-corrected chi connectivity index (χ4v) is 2.32. The van der Waals surface area contributed by atoms with Gasteiger partial charge in [-0.2, -0.15) is 0 Å². The molecule has 0 spiro atoms. The number of hydrogen-bond donors (Lipinski definition) is 2. The molecule has 17 heavy (non-hydrogen) atoms. The molecule has 1 saturated heterocycles. The Bertz CT molecular complexity index is 378. The van der Waals surface area contributed by atoms with Crippen molar-refractivity contribution in [2.24, 2.45) is 5.92 Å². The number of anilines is 1. The topological polar surface area (TPSA) is 47.3 Å². The maximum absolute atomic E-state index is 5.95. The van der Waals surface area contributed by atoms with Crippen LogP contribution in [0.1, 0.15) is 24.5 Å². The van der Waals surface area contributed by atoms with Crippen molar-refractivity contribution in [1.29, 1.82) is 0 Å². The van der Waals surface area contributed by atoms with Crippen LogP contribution < -0.4 is 11.1 Å². The molecule has 1 aromatic carbocycles. The van der Waals surface area contributed by atoms with E-state index in [2.05, 4.69) is 25.2 Å². The van der Waals surface area contributed by atoms with Crippen molar-refractivity contribution >= 4 is 5.69 Å². The zero-order valence-corrected chi connectivity index (χ0v) is 10.7. The quantitative estimate of drug-likeness (QED) is 0.784. The minimum absolute atomic E-state index is 0.386. The minimum atomic E-state index is 0.386. The third-order valence-corrected chi connectivity index (χ3v) is 3.55. The molecular formula is C14H22N2O. The summed E-state index contributed by atoms with van der Waals surface area (Å²) in [6, 6.07) is 6.18. The van der Waals surface area contributed by atoms with Gasteiger partial charge in [-0.25, -0.2) is 0 Å². The fraction of sp³-hybridized carbons (Fsp3) is 0.571. The monoisotopic (exact) mass is 234 g/mol. The lowest BCUT2D eigenvalue weighted by atomic mass is 10.0. The van der Waals surface area contributed by atoms with Crippen molar-refractivity contribution < 1.29 is 4.74 Å². The van der Waals surface area contributed by atoms with Crippen molar-refractivity contribution in [2.75, 3.05) is 18.9 Å². The van der Waals surface area contributed by atoms with Crippen LogP contribution in [0.5, 0.6) is 0 Å². The van der Waals surface area contributed by atoms with Gasteiger partial charge in [-0.15, -0.1) is 0 Å². The largest absolute Gasteiger partial charge is 0.398 e. The summed E-state index contributed by atoms with van der Waals surface area (Å²) in [7, 11) is 0. The first-order valence-corrected chi connectivity index (χ1v) is 6.34. The summed E-state index contributed by atoms with van der Waals surface area (Å²) >= 11 is 0. The van der Waals surface area contributed by atoms with Crippen molar-refractivity contribution in [3.05, 3.63) is 29.3 Å². The van der Waals surface area contributed by atoms with E-state index in [4.69, 9.17) is 10.5 Å². The van der Waals surface area contributed by atoms with Gasteiger partial charge in [-0.05, 0) is 37.8 Å². The lowest BCUT2D eigenvalue weighted by Crippen LogP contribution is -2.26. The third-order valence-electron chi connectivity index (χ3n) is 3.55. The van der Waals surface area contributed by atoms with Crippen molar-refractivity contribution in [3.63, 3.8) is 0 Å².